The van der Waals surface area contributed by atoms with E-state index in [1.807, 2.05) is 0 Å². The van der Waals surface area contributed by atoms with Gasteiger partial charge in [-0.1, -0.05) is 6.07 Å². The third-order valence-corrected chi connectivity index (χ3v) is 8.74. The molecule has 1 aliphatic heterocycles. The molecule has 172 valence electrons. The summed E-state index contributed by atoms with van der Waals surface area (Å²) in [6.45, 7) is -0.162. The highest BCUT2D eigenvalue weighted by molar-refractivity contribution is 7.91. The number of benzene rings is 1. The van der Waals surface area contributed by atoms with Crippen molar-refractivity contribution in [2.75, 3.05) is 31.6 Å². The van der Waals surface area contributed by atoms with Crippen LogP contribution in [0.4, 0.5) is 5.69 Å². The maximum Gasteiger partial charge on any atom is 0.335 e. The van der Waals surface area contributed by atoms with Crippen LogP contribution in [0.1, 0.15) is 16.8 Å². The van der Waals surface area contributed by atoms with Gasteiger partial charge in [-0.25, -0.2) is 13.2 Å². The smallest absolute Gasteiger partial charge is 0.335 e. The molecule has 0 radical (unpaired) electrons. The van der Waals surface area contributed by atoms with Gasteiger partial charge in [0.25, 0.3) is 10.0 Å². The molecule has 0 saturated carbocycles. The zero-order valence-electron chi connectivity index (χ0n) is 17.2. The quantitative estimate of drug-likeness (QED) is 0.447. The van der Waals surface area contributed by atoms with E-state index >= 15 is 0 Å². The van der Waals surface area contributed by atoms with Gasteiger partial charge in [-0.15, -0.1) is 11.3 Å². The molecule has 2 atom stereocenters. The molecule has 2 N–H and O–H groups in total. The Kier molecular flexibility index (Phi) is 7.72. The predicted molar refractivity (Wildman–Crippen MR) is 124 cm³/mol. The number of amides is 1. The van der Waals surface area contributed by atoms with E-state index in [2.05, 4.69) is 17.9 Å². The number of Topliss-reactive ketones (excluding diaryl/α,β-unsaturated/α-hetero) is 1. The third-order valence-electron chi connectivity index (χ3n) is 5.11. The van der Waals surface area contributed by atoms with Crippen LogP contribution in [0.3, 0.4) is 0 Å². The Hall–Kier alpha value is -2.25. The summed E-state index contributed by atoms with van der Waals surface area (Å²) in [4.78, 5) is 37.5. The molecule has 12 heteroatoms. The molecular formula is C20H23N3O6S3. The number of ketones is 1. The summed E-state index contributed by atoms with van der Waals surface area (Å²) in [6, 6.07) is 8.14. The second kappa shape index (κ2) is 10.1. The molecule has 1 saturated heterocycles. The molecule has 32 heavy (non-hydrogen) atoms. The summed E-state index contributed by atoms with van der Waals surface area (Å²) in [5.41, 5.74) is 0.620. The van der Waals surface area contributed by atoms with Crippen LogP contribution in [0.2, 0.25) is 0 Å². The van der Waals surface area contributed by atoms with Crippen LogP contribution in [-0.2, 0) is 19.6 Å². The van der Waals surface area contributed by atoms with Gasteiger partial charge in [0.05, 0.1) is 24.7 Å². The number of carbonyl (C=O) groups is 3. The van der Waals surface area contributed by atoms with Crippen LogP contribution in [0.5, 0.6) is 0 Å². The largest absolute Gasteiger partial charge is 0.478 e. The van der Waals surface area contributed by atoms with E-state index in [1.165, 1.54) is 39.5 Å². The van der Waals surface area contributed by atoms with Crippen LogP contribution in [0.15, 0.2) is 46.0 Å². The number of nitrogens with one attached hydrogen (secondary N) is 1. The maximum absolute atomic E-state index is 12.9. The minimum Gasteiger partial charge on any atom is -0.478 e. The number of aromatic carboxylic acids is 1. The lowest BCUT2D eigenvalue weighted by molar-refractivity contribution is -0.121. The standard InChI is InChI=1S/C20H23N3O6S3/c1-22(14-6-4-13(5-7-14)20(26)27)18(25)11-21-10-17(24)16-9-15(30)12-23(16)32(28,29)19-3-2-8-31-19/h2-8,15-16,21,30H,9-12H2,1H3,(H,26,27). The zero-order chi connectivity index (χ0) is 23.5. The number of hydrogen-bond acceptors (Lipinski definition) is 8. The highest BCUT2D eigenvalue weighted by Crippen LogP contribution is 2.31. The fourth-order valence-corrected chi connectivity index (χ4v) is 6.64. The monoisotopic (exact) mass is 497 g/mol. The van der Waals surface area contributed by atoms with Gasteiger partial charge in [0, 0.05) is 24.5 Å². The Morgan fingerprint density at radius 1 is 1.22 bits per heavy atom. The van der Waals surface area contributed by atoms with Crippen molar-refractivity contribution in [1.29, 1.82) is 0 Å². The van der Waals surface area contributed by atoms with Crippen LogP contribution < -0.4 is 10.2 Å². The van der Waals surface area contributed by atoms with Crippen LogP contribution in [0, 0.1) is 0 Å². The first-order chi connectivity index (χ1) is 15.1. The SMILES string of the molecule is CN(C(=O)CNCC(=O)C1CC(S)CN1S(=O)(=O)c1cccs1)c1ccc(C(=O)O)cc1. The Balaban J connectivity index is 1.57. The molecule has 0 bridgehead atoms. The van der Waals surface area contributed by atoms with E-state index in [1.54, 1.807) is 18.5 Å². The molecule has 0 aliphatic carbocycles. The van der Waals surface area contributed by atoms with Gasteiger partial charge in [0.15, 0.2) is 5.78 Å². The van der Waals surface area contributed by atoms with E-state index < -0.39 is 22.0 Å². The van der Waals surface area contributed by atoms with Crippen molar-refractivity contribution in [3.05, 3.63) is 47.3 Å². The summed E-state index contributed by atoms with van der Waals surface area (Å²) >= 11 is 5.47. The Bertz CT molecular complexity index is 1090. The van der Waals surface area contributed by atoms with Gasteiger partial charge in [0.1, 0.15) is 4.21 Å². The number of hydrogen-bond donors (Lipinski definition) is 3. The third kappa shape index (κ3) is 5.38. The summed E-state index contributed by atoms with van der Waals surface area (Å²) < 4.78 is 27.1. The van der Waals surface area contributed by atoms with Crippen LogP contribution in [-0.4, -0.2) is 73.5 Å². The van der Waals surface area contributed by atoms with Crippen molar-refractivity contribution < 1.29 is 27.9 Å². The molecule has 9 nitrogen and oxygen atoms in total. The number of rotatable bonds is 9. The molecule has 1 amide bonds. The number of carboxylic acid groups (broad SMARTS) is 1. The first-order valence-corrected chi connectivity index (χ1v) is 12.5. The average molecular weight is 498 g/mol. The molecule has 2 unspecified atom stereocenters. The molecule has 3 rings (SSSR count). The minimum absolute atomic E-state index is 0.111. The molecule has 1 aliphatic rings. The minimum atomic E-state index is -3.79. The van der Waals surface area contributed by atoms with Gasteiger partial charge in [-0.2, -0.15) is 16.9 Å². The second-order valence-corrected chi connectivity index (χ2v) is 11.1. The maximum atomic E-state index is 12.9. The Morgan fingerprint density at radius 3 is 2.50 bits per heavy atom. The fourth-order valence-electron chi connectivity index (χ4n) is 3.37. The first-order valence-electron chi connectivity index (χ1n) is 9.68. The van der Waals surface area contributed by atoms with Crippen molar-refractivity contribution in [2.24, 2.45) is 0 Å². The number of likely N-dealkylation sites (N-methyl/N-ethyl adjacent to an activating group) is 1. The fraction of sp³-hybridized carbons (Fsp3) is 0.350. The molecule has 2 aromatic rings. The van der Waals surface area contributed by atoms with Gasteiger partial charge in [-0.3, -0.25) is 9.59 Å². The van der Waals surface area contributed by atoms with E-state index in [9.17, 15) is 22.8 Å². The average Bonchev–Trinajstić information content (AvgIpc) is 3.43. The predicted octanol–water partition coefficient (Wildman–Crippen LogP) is 1.33. The highest BCUT2D eigenvalue weighted by atomic mass is 32.2. The second-order valence-electron chi connectivity index (χ2n) is 7.29. The Labute approximate surface area is 195 Å². The lowest BCUT2D eigenvalue weighted by Gasteiger charge is -2.22. The van der Waals surface area contributed by atoms with Crippen molar-refractivity contribution in [3.63, 3.8) is 0 Å². The van der Waals surface area contributed by atoms with E-state index in [-0.39, 0.29) is 46.3 Å². The summed E-state index contributed by atoms with van der Waals surface area (Å²) in [7, 11) is -2.24. The number of carboxylic acids is 1. The van der Waals surface area contributed by atoms with Crippen molar-refractivity contribution in [3.8, 4) is 0 Å². The van der Waals surface area contributed by atoms with E-state index in [0.717, 1.165) is 11.3 Å². The van der Waals surface area contributed by atoms with Gasteiger partial charge in [-0.05, 0) is 42.1 Å². The normalized spacial score (nSPS) is 19.1. The molecule has 1 fully saturated rings. The summed E-state index contributed by atoms with van der Waals surface area (Å²) in [5.74, 6) is -1.72. The van der Waals surface area contributed by atoms with Gasteiger partial charge < -0.3 is 15.3 Å². The highest BCUT2D eigenvalue weighted by Gasteiger charge is 2.42. The topological polar surface area (TPSA) is 124 Å². The molecule has 1 aromatic heterocycles. The number of thiol groups is 1. The summed E-state index contributed by atoms with van der Waals surface area (Å²) in [6.07, 6.45) is 0.304. The van der Waals surface area contributed by atoms with E-state index in [4.69, 9.17) is 5.11 Å². The number of anilines is 1. The zero-order valence-corrected chi connectivity index (χ0v) is 19.7. The molecule has 1 aromatic carbocycles. The number of thiophene rings is 1. The van der Waals surface area contributed by atoms with Gasteiger partial charge >= 0.3 is 5.97 Å². The van der Waals surface area contributed by atoms with Crippen molar-refractivity contribution in [1.82, 2.24) is 9.62 Å². The van der Waals surface area contributed by atoms with Gasteiger partial charge in [0.2, 0.25) is 5.91 Å². The van der Waals surface area contributed by atoms with Crippen LogP contribution >= 0.6 is 24.0 Å². The molecule has 2 heterocycles. The van der Waals surface area contributed by atoms with Crippen LogP contribution in [0.25, 0.3) is 0 Å². The molecule has 0 spiro atoms. The lowest BCUT2D eigenvalue weighted by Crippen LogP contribution is -2.45. The number of sulfonamides is 1. The number of nitrogens with zero attached hydrogens (tertiary/aromatic N) is 2. The van der Waals surface area contributed by atoms with Crippen molar-refractivity contribution in [2.45, 2.75) is 21.9 Å². The Morgan fingerprint density at radius 2 is 1.91 bits per heavy atom. The number of carbonyl (C=O) groups excluding carboxylic acids is 2. The van der Waals surface area contributed by atoms with Crippen molar-refractivity contribution >= 4 is 57.3 Å². The lowest BCUT2D eigenvalue weighted by atomic mass is 10.1. The first kappa shape index (κ1) is 24.4. The van der Waals surface area contributed by atoms with E-state index in [0.29, 0.717) is 12.1 Å². The molecular weight excluding hydrogens is 474 g/mol. The summed E-state index contributed by atoms with van der Waals surface area (Å²) in [5, 5.41) is 13.2.